The van der Waals surface area contributed by atoms with Crippen molar-refractivity contribution < 1.29 is 13.2 Å². The van der Waals surface area contributed by atoms with Gasteiger partial charge in [0.15, 0.2) is 11.7 Å². The third-order valence-electron chi connectivity index (χ3n) is 4.36. The van der Waals surface area contributed by atoms with Crippen LogP contribution in [0.4, 0.5) is 13.2 Å². The molecule has 0 amide bonds. The first-order chi connectivity index (χ1) is 13.8. The number of hydrogen-bond donors (Lipinski definition) is 2. The average molecular weight is 555 g/mol. The van der Waals surface area contributed by atoms with E-state index in [2.05, 4.69) is 51.6 Å². The molecule has 1 heterocycles. The molecule has 0 saturated heterocycles. The Morgan fingerprint density at radius 2 is 1.93 bits per heavy atom. The summed E-state index contributed by atoms with van der Waals surface area (Å²) in [7, 11) is 2.06. The molecule has 2 N–H and O–H groups in total. The van der Waals surface area contributed by atoms with Crippen LogP contribution in [0, 0.1) is 0 Å². The highest BCUT2D eigenvalue weighted by atomic mass is 127. The van der Waals surface area contributed by atoms with E-state index in [1.807, 2.05) is 25.1 Å². The van der Waals surface area contributed by atoms with Crippen LogP contribution in [0.25, 0.3) is 0 Å². The Morgan fingerprint density at radius 3 is 2.53 bits per heavy atom. The molecular weight excluding hydrogens is 526 g/mol. The maximum absolute atomic E-state index is 12.6. The number of thiazole rings is 1. The normalized spacial score (nSPS) is 13.1. The van der Waals surface area contributed by atoms with Gasteiger partial charge in [0.05, 0.1) is 11.6 Å². The van der Waals surface area contributed by atoms with Crippen LogP contribution < -0.4 is 10.6 Å². The molecule has 0 saturated carbocycles. The second-order valence-corrected chi connectivity index (χ2v) is 7.71. The molecule has 168 valence electrons. The smallest absolute Gasteiger partial charge is 0.357 e. The van der Waals surface area contributed by atoms with Gasteiger partial charge in [-0.05, 0) is 26.5 Å². The second-order valence-electron chi connectivity index (χ2n) is 6.77. The predicted octanol–water partition coefficient (Wildman–Crippen LogP) is 4.40. The van der Waals surface area contributed by atoms with Crippen LogP contribution in [0.5, 0.6) is 0 Å². The van der Waals surface area contributed by atoms with Crippen molar-refractivity contribution in [2.45, 2.75) is 39.0 Å². The van der Waals surface area contributed by atoms with Gasteiger partial charge < -0.3 is 10.6 Å². The first-order valence-electron chi connectivity index (χ1n) is 9.57. The highest BCUT2D eigenvalue weighted by Gasteiger charge is 2.33. The van der Waals surface area contributed by atoms with E-state index in [0.717, 1.165) is 23.3 Å². The Kier molecular flexibility index (Phi) is 11.6. The molecule has 1 unspecified atom stereocenters. The largest absolute Gasteiger partial charge is 0.434 e. The summed E-state index contributed by atoms with van der Waals surface area (Å²) in [5.41, 5.74) is 0.422. The van der Waals surface area contributed by atoms with Gasteiger partial charge in [-0.25, -0.2) is 4.98 Å². The molecular formula is C20H29F3IN5S. The minimum atomic E-state index is -4.39. The topological polar surface area (TPSA) is 52.6 Å². The van der Waals surface area contributed by atoms with Crippen molar-refractivity contribution in [1.82, 2.24) is 20.5 Å². The van der Waals surface area contributed by atoms with Gasteiger partial charge >= 0.3 is 6.18 Å². The van der Waals surface area contributed by atoms with E-state index in [9.17, 15) is 13.2 Å². The molecule has 2 rings (SSSR count). The summed E-state index contributed by atoms with van der Waals surface area (Å²) in [6.07, 6.45) is -3.98. The van der Waals surface area contributed by atoms with E-state index < -0.39 is 11.9 Å². The lowest BCUT2D eigenvalue weighted by molar-refractivity contribution is -0.140. The number of aromatic nitrogens is 1. The molecule has 1 aromatic heterocycles. The summed E-state index contributed by atoms with van der Waals surface area (Å²) < 4.78 is 37.9. The quantitative estimate of drug-likeness (QED) is 0.274. The average Bonchev–Trinajstić information content (AvgIpc) is 3.16. The number of likely N-dealkylation sites (N-methyl/N-ethyl adjacent to an activating group) is 1. The highest BCUT2D eigenvalue weighted by molar-refractivity contribution is 14.0. The first-order valence-corrected chi connectivity index (χ1v) is 10.5. The Balaban J connectivity index is 0.00000450. The predicted molar refractivity (Wildman–Crippen MR) is 128 cm³/mol. The van der Waals surface area contributed by atoms with Crippen molar-refractivity contribution in [2.75, 3.05) is 26.7 Å². The minimum Gasteiger partial charge on any atom is -0.357 e. The number of benzene rings is 1. The van der Waals surface area contributed by atoms with E-state index in [0.29, 0.717) is 37.0 Å². The lowest BCUT2D eigenvalue weighted by atomic mass is 10.2. The van der Waals surface area contributed by atoms with Gasteiger partial charge in [-0.1, -0.05) is 30.3 Å². The van der Waals surface area contributed by atoms with E-state index in [1.165, 1.54) is 5.56 Å². The zero-order valence-electron chi connectivity index (χ0n) is 17.4. The van der Waals surface area contributed by atoms with Gasteiger partial charge in [-0.15, -0.1) is 35.3 Å². The molecule has 0 fully saturated rings. The lowest BCUT2D eigenvalue weighted by Gasteiger charge is -2.23. The molecule has 0 aliphatic rings. The van der Waals surface area contributed by atoms with Gasteiger partial charge in [0.25, 0.3) is 0 Å². The van der Waals surface area contributed by atoms with Gasteiger partial charge in [-0.2, -0.15) is 13.2 Å². The summed E-state index contributed by atoms with van der Waals surface area (Å²) in [6.45, 7) is 6.70. The third-order valence-corrected chi connectivity index (χ3v) is 5.27. The number of nitrogens with zero attached hydrogens (tertiary/aromatic N) is 3. The monoisotopic (exact) mass is 555 g/mol. The number of guanidine groups is 1. The van der Waals surface area contributed by atoms with Crippen LogP contribution >= 0.6 is 35.3 Å². The molecule has 0 bridgehead atoms. The third kappa shape index (κ3) is 9.17. The Labute approximate surface area is 197 Å². The van der Waals surface area contributed by atoms with E-state index >= 15 is 0 Å². The van der Waals surface area contributed by atoms with Crippen molar-refractivity contribution in [3.05, 3.63) is 52.0 Å². The number of rotatable bonds is 9. The van der Waals surface area contributed by atoms with Crippen molar-refractivity contribution >= 4 is 41.3 Å². The van der Waals surface area contributed by atoms with Crippen LogP contribution in [-0.4, -0.2) is 48.6 Å². The summed E-state index contributed by atoms with van der Waals surface area (Å²) in [5.74, 6) is 0.653. The summed E-state index contributed by atoms with van der Waals surface area (Å²) >= 11 is 1.03. The van der Waals surface area contributed by atoms with E-state index in [4.69, 9.17) is 0 Å². The van der Waals surface area contributed by atoms with Crippen molar-refractivity contribution in [1.29, 1.82) is 0 Å². The molecule has 2 aromatic rings. The van der Waals surface area contributed by atoms with E-state index in [-0.39, 0.29) is 30.0 Å². The highest BCUT2D eigenvalue weighted by Crippen LogP contribution is 2.29. The zero-order chi connectivity index (χ0) is 21.3. The Morgan fingerprint density at radius 1 is 1.23 bits per heavy atom. The van der Waals surface area contributed by atoms with Crippen molar-refractivity contribution in [3.63, 3.8) is 0 Å². The number of halogens is 4. The summed E-state index contributed by atoms with van der Waals surface area (Å²) in [6, 6.07) is 10.5. The van der Waals surface area contributed by atoms with Gasteiger partial charge in [0.1, 0.15) is 0 Å². The zero-order valence-corrected chi connectivity index (χ0v) is 20.5. The van der Waals surface area contributed by atoms with E-state index in [1.54, 1.807) is 0 Å². The molecule has 5 nitrogen and oxygen atoms in total. The lowest BCUT2D eigenvalue weighted by Crippen LogP contribution is -2.40. The van der Waals surface area contributed by atoms with Crippen molar-refractivity contribution in [3.8, 4) is 0 Å². The second kappa shape index (κ2) is 13.1. The van der Waals surface area contributed by atoms with Crippen LogP contribution in [0.15, 0.2) is 40.7 Å². The number of alkyl halides is 3. The molecule has 30 heavy (non-hydrogen) atoms. The molecule has 1 aromatic carbocycles. The number of aliphatic imine (C=N–C) groups is 1. The van der Waals surface area contributed by atoms with Crippen molar-refractivity contribution in [2.24, 2.45) is 4.99 Å². The molecule has 0 aliphatic carbocycles. The molecule has 0 radical (unpaired) electrons. The fourth-order valence-electron chi connectivity index (χ4n) is 2.58. The molecule has 10 heteroatoms. The molecule has 0 aliphatic heterocycles. The first kappa shape index (κ1) is 26.6. The Bertz CT molecular complexity index is 767. The number of hydrogen-bond acceptors (Lipinski definition) is 4. The van der Waals surface area contributed by atoms with Crippen LogP contribution in [0.3, 0.4) is 0 Å². The van der Waals surface area contributed by atoms with Gasteiger partial charge in [-0.3, -0.25) is 9.89 Å². The number of nitrogens with one attached hydrogen (secondary N) is 2. The standard InChI is InChI=1S/C20H28F3N5S.HI/c1-4-24-19(25-11-10-18-27-17(14-29-18)20(21,22)23)26-12-15(2)28(3)13-16-8-6-5-7-9-16;/h5-9,14-15H,4,10-13H2,1-3H3,(H2,24,25,26);1H. The molecule has 1 atom stereocenters. The summed E-state index contributed by atoms with van der Waals surface area (Å²) in [5, 5.41) is 7.84. The fraction of sp³-hybridized carbons (Fsp3) is 0.500. The van der Waals surface area contributed by atoms with Crippen LogP contribution in [-0.2, 0) is 19.1 Å². The van der Waals surface area contributed by atoms with Gasteiger partial charge in [0.2, 0.25) is 0 Å². The van der Waals surface area contributed by atoms with Gasteiger partial charge in [0, 0.05) is 37.5 Å². The maximum Gasteiger partial charge on any atom is 0.434 e. The maximum atomic E-state index is 12.6. The molecule has 0 spiro atoms. The van der Waals surface area contributed by atoms with Crippen LogP contribution in [0.2, 0.25) is 0 Å². The van der Waals surface area contributed by atoms with Crippen LogP contribution in [0.1, 0.15) is 30.1 Å². The SMILES string of the molecule is CCNC(=NCC(C)N(C)Cc1ccccc1)NCCc1nc(C(F)(F)F)cs1.I. The fourth-order valence-corrected chi connectivity index (χ4v) is 3.38. The minimum absolute atomic E-state index is 0. The summed E-state index contributed by atoms with van der Waals surface area (Å²) in [4.78, 5) is 10.5. The Hall–Kier alpha value is -1.40.